The van der Waals surface area contributed by atoms with E-state index in [2.05, 4.69) is 16.1 Å². The summed E-state index contributed by atoms with van der Waals surface area (Å²) in [6.45, 7) is 0. The highest BCUT2D eigenvalue weighted by Gasteiger charge is 2.19. The largest absolute Gasteiger partial charge is 0.343 e. The Bertz CT molecular complexity index is 116. The maximum atomic E-state index is 5.08. The molecule has 1 unspecified atom stereocenters. The van der Waals surface area contributed by atoms with Crippen LogP contribution in [0, 0.1) is 0 Å². The van der Waals surface area contributed by atoms with Crippen LogP contribution in [-0.4, -0.2) is 29.3 Å². The molecule has 0 spiro atoms. The highest BCUT2D eigenvalue weighted by Crippen LogP contribution is 2.17. The second-order valence-corrected chi connectivity index (χ2v) is 2.69. The van der Waals surface area contributed by atoms with Crippen molar-refractivity contribution in [3.63, 3.8) is 0 Å². The van der Waals surface area contributed by atoms with Gasteiger partial charge in [-0.25, -0.2) is 0 Å². The molecule has 52 valence electrons. The molecule has 0 radical (unpaired) electrons. The van der Waals surface area contributed by atoms with E-state index >= 15 is 0 Å². The van der Waals surface area contributed by atoms with E-state index in [4.69, 9.17) is 4.74 Å². The Morgan fingerprint density at radius 1 is 1.56 bits per heavy atom. The molecule has 1 aliphatic rings. The highest BCUT2D eigenvalue weighted by atomic mass is 79.9. The summed E-state index contributed by atoms with van der Waals surface area (Å²) < 4.78 is 6.89. The first-order valence-corrected chi connectivity index (χ1v) is 3.34. The van der Waals surface area contributed by atoms with Crippen molar-refractivity contribution >= 4 is 16.1 Å². The third-order valence-corrected chi connectivity index (χ3v) is 1.80. The SMILES string of the molecule is COC1N(C)C=CN1Br. The number of hydrogen-bond donors (Lipinski definition) is 0. The fraction of sp³-hybridized carbons (Fsp3) is 0.600. The van der Waals surface area contributed by atoms with Crippen LogP contribution < -0.4 is 0 Å². The van der Waals surface area contributed by atoms with Gasteiger partial charge in [-0.2, -0.15) is 0 Å². The van der Waals surface area contributed by atoms with Crippen LogP contribution in [0.2, 0.25) is 0 Å². The molecule has 0 amide bonds. The van der Waals surface area contributed by atoms with Crippen molar-refractivity contribution in [2.45, 2.75) is 6.35 Å². The Morgan fingerprint density at radius 2 is 2.22 bits per heavy atom. The van der Waals surface area contributed by atoms with Crippen LogP contribution >= 0.6 is 16.1 Å². The lowest BCUT2D eigenvalue weighted by atomic mass is 10.8. The minimum atomic E-state index is 0.00463. The molecule has 0 aliphatic carbocycles. The maximum Gasteiger partial charge on any atom is 0.218 e. The van der Waals surface area contributed by atoms with Gasteiger partial charge in [-0.1, -0.05) is 0 Å². The van der Waals surface area contributed by atoms with Crippen LogP contribution in [0.25, 0.3) is 0 Å². The molecule has 0 fully saturated rings. The van der Waals surface area contributed by atoms with Crippen LogP contribution in [0.4, 0.5) is 0 Å². The molecule has 1 rings (SSSR count). The third-order valence-electron chi connectivity index (χ3n) is 1.21. The summed E-state index contributed by atoms with van der Waals surface area (Å²) in [6.07, 6.45) is 3.84. The molecule has 0 N–H and O–H groups in total. The van der Waals surface area contributed by atoms with Gasteiger partial charge in [-0.05, 0) is 0 Å². The van der Waals surface area contributed by atoms with Crippen LogP contribution in [0.5, 0.6) is 0 Å². The van der Waals surface area contributed by atoms with Crippen LogP contribution in [0.3, 0.4) is 0 Å². The van der Waals surface area contributed by atoms with Gasteiger partial charge in [0.2, 0.25) is 6.35 Å². The van der Waals surface area contributed by atoms with E-state index in [1.807, 2.05) is 28.3 Å². The van der Waals surface area contributed by atoms with Gasteiger partial charge in [0.15, 0.2) is 0 Å². The van der Waals surface area contributed by atoms with E-state index in [0.717, 1.165) is 0 Å². The Labute approximate surface area is 63.2 Å². The van der Waals surface area contributed by atoms with Crippen LogP contribution in [-0.2, 0) is 4.74 Å². The molecule has 0 bridgehead atoms. The first kappa shape index (κ1) is 6.89. The van der Waals surface area contributed by atoms with E-state index in [1.165, 1.54) is 0 Å². The summed E-state index contributed by atoms with van der Waals surface area (Å²) in [4.78, 5) is 1.95. The lowest BCUT2D eigenvalue weighted by Crippen LogP contribution is -2.32. The Balaban J connectivity index is 2.53. The summed E-state index contributed by atoms with van der Waals surface area (Å²) in [5.41, 5.74) is 0. The van der Waals surface area contributed by atoms with Gasteiger partial charge in [-0.3, -0.25) is 3.93 Å². The fourth-order valence-corrected chi connectivity index (χ4v) is 1.32. The van der Waals surface area contributed by atoms with Crippen molar-refractivity contribution in [2.24, 2.45) is 0 Å². The topological polar surface area (TPSA) is 15.7 Å². The minimum absolute atomic E-state index is 0.00463. The number of nitrogens with zero attached hydrogens (tertiary/aromatic N) is 2. The number of rotatable bonds is 1. The van der Waals surface area contributed by atoms with Gasteiger partial charge in [0, 0.05) is 26.6 Å². The normalized spacial score (nSPS) is 25.9. The summed E-state index contributed by atoms with van der Waals surface area (Å²) in [7, 11) is 3.62. The minimum Gasteiger partial charge on any atom is -0.343 e. The third kappa shape index (κ3) is 1.19. The summed E-state index contributed by atoms with van der Waals surface area (Å²) >= 11 is 3.29. The summed E-state index contributed by atoms with van der Waals surface area (Å²) in [6, 6.07) is 0. The number of methoxy groups -OCH3 is 1. The lowest BCUT2D eigenvalue weighted by Gasteiger charge is -2.23. The highest BCUT2D eigenvalue weighted by molar-refractivity contribution is 9.07. The number of hydrogen-bond acceptors (Lipinski definition) is 3. The Kier molecular flexibility index (Phi) is 1.97. The van der Waals surface area contributed by atoms with Crippen molar-refractivity contribution in [1.29, 1.82) is 0 Å². The summed E-state index contributed by atoms with van der Waals surface area (Å²) in [5.74, 6) is 0. The monoisotopic (exact) mass is 192 g/mol. The molecule has 0 aromatic rings. The van der Waals surface area contributed by atoms with Gasteiger partial charge in [-0.15, -0.1) is 0 Å². The molecule has 3 nitrogen and oxygen atoms in total. The van der Waals surface area contributed by atoms with E-state index in [-0.39, 0.29) is 6.35 Å². The zero-order chi connectivity index (χ0) is 6.85. The van der Waals surface area contributed by atoms with Crippen molar-refractivity contribution in [3.05, 3.63) is 12.4 Å². The van der Waals surface area contributed by atoms with Crippen molar-refractivity contribution in [3.8, 4) is 0 Å². The Hall–Kier alpha value is -0.220. The van der Waals surface area contributed by atoms with E-state index < -0.39 is 0 Å². The average Bonchev–Trinajstić information content (AvgIpc) is 2.12. The number of halogens is 1. The number of ether oxygens (including phenoxy) is 1. The second kappa shape index (κ2) is 2.58. The molecule has 0 saturated carbocycles. The molecular formula is C5H9BrN2O. The van der Waals surface area contributed by atoms with Crippen LogP contribution in [0.1, 0.15) is 0 Å². The fourth-order valence-electron chi connectivity index (χ4n) is 0.757. The van der Waals surface area contributed by atoms with Gasteiger partial charge in [0.1, 0.15) is 0 Å². The molecule has 9 heavy (non-hydrogen) atoms. The maximum absolute atomic E-state index is 5.08. The van der Waals surface area contributed by atoms with Crippen molar-refractivity contribution < 1.29 is 4.74 Å². The van der Waals surface area contributed by atoms with E-state index in [1.54, 1.807) is 7.11 Å². The molecule has 0 aromatic heterocycles. The average molecular weight is 193 g/mol. The van der Waals surface area contributed by atoms with Gasteiger partial charge >= 0.3 is 0 Å². The van der Waals surface area contributed by atoms with E-state index in [9.17, 15) is 0 Å². The standard InChI is InChI=1S/C5H9BrN2O/c1-7-3-4-8(6)5(7)9-2/h3-5H,1-2H3. The van der Waals surface area contributed by atoms with Crippen molar-refractivity contribution in [1.82, 2.24) is 8.83 Å². The quantitative estimate of drug-likeness (QED) is 0.576. The van der Waals surface area contributed by atoms with Crippen LogP contribution in [0.15, 0.2) is 12.4 Å². The first-order valence-electron chi connectivity index (χ1n) is 2.63. The molecule has 0 aromatic carbocycles. The molecule has 1 heterocycles. The molecule has 1 aliphatic heterocycles. The Morgan fingerprint density at radius 3 is 2.44 bits per heavy atom. The van der Waals surface area contributed by atoms with Crippen molar-refractivity contribution in [2.75, 3.05) is 14.2 Å². The second-order valence-electron chi connectivity index (χ2n) is 1.87. The zero-order valence-electron chi connectivity index (χ0n) is 5.41. The summed E-state index contributed by atoms with van der Waals surface area (Å²) in [5, 5.41) is 0. The van der Waals surface area contributed by atoms with E-state index in [0.29, 0.717) is 0 Å². The zero-order valence-corrected chi connectivity index (χ0v) is 7.00. The smallest absolute Gasteiger partial charge is 0.218 e. The molecule has 1 atom stereocenters. The van der Waals surface area contributed by atoms with Gasteiger partial charge in [0.05, 0.1) is 16.1 Å². The van der Waals surface area contributed by atoms with Gasteiger partial charge in [0.25, 0.3) is 0 Å². The van der Waals surface area contributed by atoms with Gasteiger partial charge < -0.3 is 9.64 Å². The first-order chi connectivity index (χ1) is 4.25. The predicted octanol–water partition coefficient (Wildman–Crippen LogP) is 0.945. The molecule has 0 saturated heterocycles. The molecular weight excluding hydrogens is 184 g/mol. The predicted molar refractivity (Wildman–Crippen MR) is 38.5 cm³/mol. The molecule has 4 heteroatoms. The lowest BCUT2D eigenvalue weighted by molar-refractivity contribution is -0.0303.